The van der Waals surface area contributed by atoms with Crippen LogP contribution < -0.4 is 4.90 Å². The van der Waals surface area contributed by atoms with Gasteiger partial charge in [-0.25, -0.2) is 4.79 Å². The lowest BCUT2D eigenvalue weighted by Crippen LogP contribution is -2.48. The number of carbonyl (C=O) groups excluding carboxylic acids is 1. The van der Waals surface area contributed by atoms with Gasteiger partial charge in [0.15, 0.2) is 0 Å². The number of carbonyl (C=O) groups is 1. The zero-order valence-electron chi connectivity index (χ0n) is 17.4. The molecule has 0 bridgehead atoms. The molecule has 0 atom stereocenters. The topological polar surface area (TPSA) is 36.0 Å². The van der Waals surface area contributed by atoms with Crippen LogP contribution in [0.15, 0.2) is 24.3 Å². The fraction of sp³-hybridized carbons (Fsp3) is 0.682. The highest BCUT2D eigenvalue weighted by Gasteiger charge is 2.23. The summed E-state index contributed by atoms with van der Waals surface area (Å²) in [6.07, 6.45) is 2.67. The van der Waals surface area contributed by atoms with E-state index < -0.39 is 5.60 Å². The Morgan fingerprint density at radius 1 is 1.00 bits per heavy atom. The minimum absolute atomic E-state index is 0.253. The molecule has 1 aromatic carbocycles. The van der Waals surface area contributed by atoms with Crippen LogP contribution in [0.4, 0.5) is 5.69 Å². The van der Waals surface area contributed by atoms with E-state index in [4.69, 9.17) is 4.74 Å². The number of likely N-dealkylation sites (tertiary alicyclic amines) is 1. The lowest BCUT2D eigenvalue weighted by Gasteiger charge is -2.39. The van der Waals surface area contributed by atoms with E-state index in [1.165, 1.54) is 38.2 Å². The van der Waals surface area contributed by atoms with Crippen molar-refractivity contribution in [3.63, 3.8) is 0 Å². The molecule has 0 N–H and O–H groups in total. The minimum atomic E-state index is -0.459. The molecule has 0 unspecified atom stereocenters. The molecule has 2 aliphatic rings. The predicted molar refractivity (Wildman–Crippen MR) is 110 cm³/mol. The fourth-order valence-electron chi connectivity index (χ4n) is 3.94. The Balaban J connectivity index is 1.47. The average molecular weight is 374 g/mol. The zero-order chi connectivity index (χ0) is 19.4. The van der Waals surface area contributed by atoms with E-state index in [1.54, 1.807) is 0 Å². The summed E-state index contributed by atoms with van der Waals surface area (Å²) in [7, 11) is 2.23. The van der Waals surface area contributed by atoms with Crippen LogP contribution in [0.5, 0.6) is 0 Å². The summed E-state index contributed by atoms with van der Waals surface area (Å²) in [6, 6.07) is 7.86. The van der Waals surface area contributed by atoms with Crippen LogP contribution in [-0.2, 0) is 4.74 Å². The van der Waals surface area contributed by atoms with Gasteiger partial charge in [-0.1, -0.05) is 0 Å². The van der Waals surface area contributed by atoms with Gasteiger partial charge in [0, 0.05) is 38.4 Å². The molecule has 5 heteroatoms. The third kappa shape index (κ3) is 5.94. The lowest BCUT2D eigenvalue weighted by molar-refractivity contribution is 0.00695. The number of piperidine rings is 1. The van der Waals surface area contributed by atoms with Crippen molar-refractivity contribution >= 4 is 11.7 Å². The maximum atomic E-state index is 12.2. The van der Waals surface area contributed by atoms with Crippen LogP contribution in [0.2, 0.25) is 0 Å². The van der Waals surface area contributed by atoms with Gasteiger partial charge in [-0.05, 0) is 83.9 Å². The molecule has 3 rings (SSSR count). The Bertz CT molecular complexity index is 607. The van der Waals surface area contributed by atoms with E-state index in [0.29, 0.717) is 5.56 Å². The highest BCUT2D eigenvalue weighted by molar-refractivity contribution is 5.90. The number of nitrogens with zero attached hydrogens (tertiary/aromatic N) is 3. The van der Waals surface area contributed by atoms with Gasteiger partial charge in [0.05, 0.1) is 5.56 Å². The van der Waals surface area contributed by atoms with Crippen LogP contribution >= 0.6 is 0 Å². The second-order valence-corrected chi connectivity index (χ2v) is 9.08. The highest BCUT2D eigenvalue weighted by Crippen LogP contribution is 2.21. The van der Waals surface area contributed by atoms with Crippen LogP contribution in [0.3, 0.4) is 0 Å². The maximum absolute atomic E-state index is 12.2. The van der Waals surface area contributed by atoms with E-state index in [2.05, 4.69) is 21.7 Å². The molecule has 0 radical (unpaired) electrons. The van der Waals surface area contributed by atoms with Crippen molar-refractivity contribution in [2.45, 2.75) is 39.2 Å². The predicted octanol–water partition coefficient (Wildman–Crippen LogP) is 3.11. The van der Waals surface area contributed by atoms with Crippen LogP contribution in [0.1, 0.15) is 44.0 Å². The second-order valence-electron chi connectivity index (χ2n) is 9.08. The van der Waals surface area contributed by atoms with Gasteiger partial charge in [0.2, 0.25) is 0 Å². The molecule has 150 valence electrons. The van der Waals surface area contributed by atoms with Gasteiger partial charge in [-0.2, -0.15) is 0 Å². The SMILES string of the molecule is CN1CCC(CN2CCN(c3ccc(C(=O)OC(C)(C)C)cc3)CC2)CC1. The number of hydrogen-bond donors (Lipinski definition) is 0. The van der Waals surface area contributed by atoms with Crippen molar-refractivity contribution in [3.05, 3.63) is 29.8 Å². The Morgan fingerprint density at radius 2 is 1.59 bits per heavy atom. The summed E-state index contributed by atoms with van der Waals surface area (Å²) in [4.78, 5) is 19.6. The van der Waals surface area contributed by atoms with E-state index in [-0.39, 0.29) is 5.97 Å². The average Bonchev–Trinajstić information content (AvgIpc) is 2.63. The molecule has 0 aliphatic carbocycles. The number of anilines is 1. The first-order valence-corrected chi connectivity index (χ1v) is 10.3. The van der Waals surface area contributed by atoms with E-state index in [0.717, 1.165) is 32.1 Å². The van der Waals surface area contributed by atoms with Crippen LogP contribution in [-0.4, -0.2) is 74.2 Å². The molecule has 27 heavy (non-hydrogen) atoms. The standard InChI is InChI=1S/C22H35N3O2/c1-22(2,3)27-21(26)19-5-7-20(8-6-19)25-15-13-24(14-16-25)17-18-9-11-23(4)12-10-18/h5-8,18H,9-17H2,1-4H3. The van der Waals surface area contributed by atoms with Crippen molar-refractivity contribution in [1.29, 1.82) is 0 Å². The van der Waals surface area contributed by atoms with E-state index in [1.807, 2.05) is 45.0 Å². The first-order valence-electron chi connectivity index (χ1n) is 10.3. The first kappa shape index (κ1) is 20.2. The quantitative estimate of drug-likeness (QED) is 0.758. The van der Waals surface area contributed by atoms with Gasteiger partial charge in [-0.15, -0.1) is 0 Å². The monoisotopic (exact) mass is 373 g/mol. The molecule has 2 fully saturated rings. The summed E-state index contributed by atoms with van der Waals surface area (Å²) in [6.45, 7) is 13.8. The minimum Gasteiger partial charge on any atom is -0.456 e. The van der Waals surface area contributed by atoms with Crippen molar-refractivity contribution in [2.75, 3.05) is 57.8 Å². The molecular formula is C22H35N3O2. The summed E-state index contributed by atoms with van der Waals surface area (Å²) in [5.74, 6) is 0.609. The van der Waals surface area contributed by atoms with Crippen LogP contribution in [0, 0.1) is 5.92 Å². The third-order valence-corrected chi connectivity index (χ3v) is 5.59. The lowest BCUT2D eigenvalue weighted by atomic mass is 9.96. The molecule has 0 amide bonds. The number of rotatable bonds is 4. The molecule has 1 aromatic rings. The zero-order valence-corrected chi connectivity index (χ0v) is 17.4. The molecule has 0 saturated carbocycles. The van der Waals surface area contributed by atoms with E-state index >= 15 is 0 Å². The van der Waals surface area contributed by atoms with Crippen molar-refractivity contribution in [2.24, 2.45) is 5.92 Å². The van der Waals surface area contributed by atoms with Gasteiger partial charge in [0.25, 0.3) is 0 Å². The number of ether oxygens (including phenoxy) is 1. The molecule has 0 aromatic heterocycles. The molecule has 2 saturated heterocycles. The van der Waals surface area contributed by atoms with Crippen LogP contribution in [0.25, 0.3) is 0 Å². The van der Waals surface area contributed by atoms with Crippen molar-refractivity contribution in [3.8, 4) is 0 Å². The number of esters is 1. The summed E-state index contributed by atoms with van der Waals surface area (Å²) in [5, 5.41) is 0. The van der Waals surface area contributed by atoms with Gasteiger partial charge >= 0.3 is 5.97 Å². The summed E-state index contributed by atoms with van der Waals surface area (Å²) < 4.78 is 5.44. The first-order chi connectivity index (χ1) is 12.8. The molecule has 0 spiro atoms. The Kier molecular flexibility index (Phi) is 6.43. The fourth-order valence-corrected chi connectivity index (χ4v) is 3.94. The third-order valence-electron chi connectivity index (χ3n) is 5.59. The molecular weight excluding hydrogens is 338 g/mol. The number of benzene rings is 1. The Labute approximate surface area is 164 Å². The Hall–Kier alpha value is -1.59. The van der Waals surface area contributed by atoms with Gasteiger partial charge in [-0.3, -0.25) is 4.90 Å². The van der Waals surface area contributed by atoms with Gasteiger partial charge < -0.3 is 14.5 Å². The molecule has 5 nitrogen and oxygen atoms in total. The molecule has 2 heterocycles. The summed E-state index contributed by atoms with van der Waals surface area (Å²) >= 11 is 0. The largest absolute Gasteiger partial charge is 0.456 e. The smallest absolute Gasteiger partial charge is 0.338 e. The maximum Gasteiger partial charge on any atom is 0.338 e. The number of piperazine rings is 1. The highest BCUT2D eigenvalue weighted by atomic mass is 16.6. The number of hydrogen-bond acceptors (Lipinski definition) is 5. The Morgan fingerprint density at radius 3 is 2.15 bits per heavy atom. The molecule has 2 aliphatic heterocycles. The van der Waals surface area contributed by atoms with Gasteiger partial charge in [0.1, 0.15) is 5.60 Å². The van der Waals surface area contributed by atoms with Crippen molar-refractivity contribution < 1.29 is 9.53 Å². The van der Waals surface area contributed by atoms with Crippen molar-refractivity contribution in [1.82, 2.24) is 9.80 Å². The summed E-state index contributed by atoms with van der Waals surface area (Å²) in [5.41, 5.74) is 1.36. The normalized spacial score (nSPS) is 20.7. The van der Waals surface area contributed by atoms with E-state index in [9.17, 15) is 4.79 Å². The second kappa shape index (κ2) is 8.61.